The number of carboxylic acids is 1. The molecule has 1 aromatic carbocycles. The van der Waals surface area contributed by atoms with Crippen LogP contribution in [-0.4, -0.2) is 30.6 Å². The molecule has 0 aliphatic rings. The summed E-state index contributed by atoms with van der Waals surface area (Å²) < 4.78 is 5.22. The highest BCUT2D eigenvalue weighted by Crippen LogP contribution is 2.20. The fourth-order valence-corrected chi connectivity index (χ4v) is 2.91. The molecule has 23 heavy (non-hydrogen) atoms. The van der Waals surface area contributed by atoms with Crippen molar-refractivity contribution >= 4 is 23.2 Å². The van der Waals surface area contributed by atoms with Crippen LogP contribution in [0.2, 0.25) is 0 Å². The molecule has 0 saturated heterocycles. The summed E-state index contributed by atoms with van der Waals surface area (Å²) in [5.74, 6) is -0.452. The van der Waals surface area contributed by atoms with Gasteiger partial charge in [-0.05, 0) is 52.9 Å². The predicted octanol–water partition coefficient (Wildman–Crippen LogP) is 2.75. The van der Waals surface area contributed by atoms with Crippen molar-refractivity contribution in [3.63, 3.8) is 0 Å². The lowest BCUT2D eigenvalue weighted by Gasteiger charge is -2.10. The smallest absolute Gasteiger partial charge is 0.335 e. The second-order valence-electron chi connectivity index (χ2n) is 5.06. The third-order valence-corrected chi connectivity index (χ3v) is 4.20. The molecular weight excluding hydrogens is 314 g/mol. The second kappa shape index (κ2) is 8.33. The highest BCUT2D eigenvalue weighted by atomic mass is 32.1. The van der Waals surface area contributed by atoms with Gasteiger partial charge in [-0.3, -0.25) is 4.79 Å². The summed E-state index contributed by atoms with van der Waals surface area (Å²) in [6.45, 7) is 0.491. The van der Waals surface area contributed by atoms with E-state index in [0.717, 1.165) is 12.0 Å². The van der Waals surface area contributed by atoms with Crippen molar-refractivity contribution in [2.45, 2.75) is 19.3 Å². The lowest BCUT2D eigenvalue weighted by atomic mass is 10.1. The lowest BCUT2D eigenvalue weighted by molar-refractivity contribution is -0.121. The molecule has 2 N–H and O–H groups in total. The molecule has 0 atom stereocenters. The van der Waals surface area contributed by atoms with Crippen molar-refractivity contribution in [1.82, 2.24) is 5.32 Å². The van der Waals surface area contributed by atoms with Gasteiger partial charge in [-0.2, -0.15) is 11.3 Å². The molecule has 0 saturated carbocycles. The maximum absolute atomic E-state index is 11.8. The van der Waals surface area contributed by atoms with Gasteiger partial charge in [0, 0.05) is 13.0 Å². The highest BCUT2D eigenvalue weighted by Gasteiger charge is 2.09. The Bertz CT molecular complexity index is 667. The summed E-state index contributed by atoms with van der Waals surface area (Å²) >= 11 is 1.63. The number of ether oxygens (including phenoxy) is 1. The number of aryl methyl sites for hydroxylation is 1. The molecule has 122 valence electrons. The molecule has 0 spiro atoms. The van der Waals surface area contributed by atoms with Gasteiger partial charge in [0.2, 0.25) is 5.91 Å². The standard InChI is InChI=1S/C17H19NO4S/c1-22-15-10-14(17(20)21)4-3-13(15)6-8-18-16(19)5-2-12-7-9-23-11-12/h3-4,7,9-11H,2,5-6,8H2,1H3,(H,18,19)(H,20,21). The van der Waals surface area contributed by atoms with Crippen LogP contribution in [0.3, 0.4) is 0 Å². The molecule has 6 heteroatoms. The normalized spacial score (nSPS) is 10.3. The number of aromatic carboxylic acids is 1. The van der Waals surface area contributed by atoms with Gasteiger partial charge in [-0.1, -0.05) is 6.07 Å². The maximum Gasteiger partial charge on any atom is 0.335 e. The van der Waals surface area contributed by atoms with Gasteiger partial charge in [0.25, 0.3) is 0 Å². The fraction of sp³-hybridized carbons (Fsp3) is 0.294. The van der Waals surface area contributed by atoms with Crippen molar-refractivity contribution in [3.8, 4) is 5.75 Å². The zero-order valence-electron chi connectivity index (χ0n) is 12.9. The summed E-state index contributed by atoms with van der Waals surface area (Å²) in [7, 11) is 1.50. The summed E-state index contributed by atoms with van der Waals surface area (Å²) in [6, 6.07) is 6.78. The Balaban J connectivity index is 1.81. The number of amides is 1. The Morgan fingerprint density at radius 3 is 2.74 bits per heavy atom. The first kappa shape index (κ1) is 17.0. The van der Waals surface area contributed by atoms with Crippen LogP contribution in [0.5, 0.6) is 5.75 Å². The number of nitrogens with one attached hydrogen (secondary N) is 1. The average Bonchev–Trinajstić information content (AvgIpc) is 3.06. The Morgan fingerprint density at radius 2 is 2.09 bits per heavy atom. The Morgan fingerprint density at radius 1 is 1.26 bits per heavy atom. The molecule has 5 nitrogen and oxygen atoms in total. The number of hydrogen-bond donors (Lipinski definition) is 2. The van der Waals surface area contributed by atoms with E-state index in [-0.39, 0.29) is 11.5 Å². The number of rotatable bonds is 8. The molecular formula is C17H19NO4S. The number of hydrogen-bond acceptors (Lipinski definition) is 4. The Kier molecular flexibility index (Phi) is 6.17. The minimum Gasteiger partial charge on any atom is -0.496 e. The van der Waals surface area contributed by atoms with E-state index >= 15 is 0 Å². The number of methoxy groups -OCH3 is 1. The van der Waals surface area contributed by atoms with Crippen molar-refractivity contribution in [1.29, 1.82) is 0 Å². The number of carbonyl (C=O) groups excluding carboxylic acids is 1. The zero-order valence-corrected chi connectivity index (χ0v) is 13.7. The van der Waals surface area contributed by atoms with Crippen LogP contribution in [0.1, 0.15) is 27.9 Å². The molecule has 0 fully saturated rings. The first-order valence-electron chi connectivity index (χ1n) is 7.28. The van der Waals surface area contributed by atoms with Crippen molar-refractivity contribution in [3.05, 3.63) is 51.7 Å². The van der Waals surface area contributed by atoms with Crippen molar-refractivity contribution < 1.29 is 19.4 Å². The molecule has 2 aromatic rings. The van der Waals surface area contributed by atoms with Crippen LogP contribution in [0.25, 0.3) is 0 Å². The quantitative estimate of drug-likeness (QED) is 0.779. The van der Waals surface area contributed by atoms with E-state index in [1.54, 1.807) is 23.5 Å². The van der Waals surface area contributed by atoms with Gasteiger partial charge in [0.1, 0.15) is 5.75 Å². The van der Waals surface area contributed by atoms with Gasteiger partial charge in [-0.25, -0.2) is 4.79 Å². The molecule has 2 rings (SSSR count). The van der Waals surface area contributed by atoms with E-state index in [2.05, 4.69) is 5.32 Å². The molecule has 1 amide bonds. The molecule has 0 radical (unpaired) electrons. The predicted molar refractivity (Wildman–Crippen MR) is 89.3 cm³/mol. The van der Waals surface area contributed by atoms with Crippen molar-refractivity contribution in [2.24, 2.45) is 0 Å². The van der Waals surface area contributed by atoms with Gasteiger partial charge in [0.05, 0.1) is 12.7 Å². The van der Waals surface area contributed by atoms with E-state index < -0.39 is 5.97 Å². The summed E-state index contributed by atoms with van der Waals surface area (Å²) in [6.07, 6.45) is 1.80. The summed E-state index contributed by atoms with van der Waals surface area (Å²) in [5, 5.41) is 15.9. The highest BCUT2D eigenvalue weighted by molar-refractivity contribution is 7.07. The zero-order chi connectivity index (χ0) is 16.7. The minimum absolute atomic E-state index is 0.0114. The van der Waals surface area contributed by atoms with Gasteiger partial charge in [0.15, 0.2) is 0 Å². The second-order valence-corrected chi connectivity index (χ2v) is 5.84. The van der Waals surface area contributed by atoms with Gasteiger partial charge < -0.3 is 15.2 Å². The first-order valence-corrected chi connectivity index (χ1v) is 8.22. The lowest BCUT2D eigenvalue weighted by Crippen LogP contribution is -2.26. The summed E-state index contributed by atoms with van der Waals surface area (Å²) in [4.78, 5) is 22.8. The molecule has 0 bridgehead atoms. The molecule has 0 unspecified atom stereocenters. The van der Waals surface area contributed by atoms with Crippen LogP contribution in [-0.2, 0) is 17.6 Å². The molecule has 0 aliphatic heterocycles. The topological polar surface area (TPSA) is 75.6 Å². The fourth-order valence-electron chi connectivity index (χ4n) is 2.20. The molecule has 0 aliphatic carbocycles. The number of thiophene rings is 1. The summed E-state index contributed by atoms with van der Waals surface area (Å²) in [5.41, 5.74) is 2.23. The first-order chi connectivity index (χ1) is 11.1. The minimum atomic E-state index is -0.989. The van der Waals surface area contributed by atoms with E-state index in [0.29, 0.717) is 25.1 Å². The van der Waals surface area contributed by atoms with Crippen LogP contribution in [0, 0.1) is 0 Å². The van der Waals surface area contributed by atoms with E-state index in [9.17, 15) is 9.59 Å². The maximum atomic E-state index is 11.8. The SMILES string of the molecule is COc1cc(C(=O)O)ccc1CCNC(=O)CCc1ccsc1. The van der Waals surface area contributed by atoms with Crippen LogP contribution < -0.4 is 10.1 Å². The van der Waals surface area contributed by atoms with Gasteiger partial charge in [-0.15, -0.1) is 0 Å². The number of benzene rings is 1. The number of carbonyl (C=O) groups is 2. The van der Waals surface area contributed by atoms with Crippen LogP contribution >= 0.6 is 11.3 Å². The Hall–Kier alpha value is -2.34. The van der Waals surface area contributed by atoms with E-state index in [1.165, 1.54) is 18.7 Å². The largest absolute Gasteiger partial charge is 0.496 e. The molecule has 1 heterocycles. The van der Waals surface area contributed by atoms with Crippen LogP contribution in [0.4, 0.5) is 0 Å². The third kappa shape index (κ3) is 5.10. The monoisotopic (exact) mass is 333 g/mol. The van der Waals surface area contributed by atoms with E-state index in [1.807, 2.05) is 16.8 Å². The number of carboxylic acid groups (broad SMARTS) is 1. The molecule has 1 aromatic heterocycles. The average molecular weight is 333 g/mol. The van der Waals surface area contributed by atoms with Crippen LogP contribution in [0.15, 0.2) is 35.0 Å². The Labute approximate surface area is 138 Å². The van der Waals surface area contributed by atoms with Gasteiger partial charge >= 0.3 is 5.97 Å². The van der Waals surface area contributed by atoms with Crippen molar-refractivity contribution in [2.75, 3.05) is 13.7 Å². The van der Waals surface area contributed by atoms with E-state index in [4.69, 9.17) is 9.84 Å². The third-order valence-electron chi connectivity index (χ3n) is 3.47.